The van der Waals surface area contributed by atoms with E-state index in [0.29, 0.717) is 17.1 Å². The standard InChI is InChI=1S/C21H15N3O/c22-17-11-5-10-16(20(17)25)21-23-18-14-8-3-1-6-12(14)13-7-2-4-9-15(13)19(18)24-21/h1-11,25H,22H2,(H,23,24). The molecule has 4 N–H and O–H groups in total. The summed E-state index contributed by atoms with van der Waals surface area (Å²) in [5.41, 5.74) is 8.64. The highest BCUT2D eigenvalue weighted by Gasteiger charge is 2.15. The van der Waals surface area contributed by atoms with Gasteiger partial charge in [-0.3, -0.25) is 0 Å². The van der Waals surface area contributed by atoms with Gasteiger partial charge in [0.15, 0.2) is 0 Å². The largest absolute Gasteiger partial charge is 0.505 e. The lowest BCUT2D eigenvalue weighted by atomic mass is 10.0. The summed E-state index contributed by atoms with van der Waals surface area (Å²) in [6, 6.07) is 21.8. The molecule has 0 aliphatic carbocycles. The SMILES string of the molecule is Nc1cccc(-c2nc3c4ccccc4c4ccccc4c3[nH]2)c1O. The Morgan fingerprint density at radius 1 is 0.760 bits per heavy atom. The number of fused-ring (bicyclic) bond motifs is 6. The molecule has 4 aromatic carbocycles. The second-order valence-electron chi connectivity index (χ2n) is 6.14. The Bertz CT molecular complexity index is 1200. The molecule has 0 unspecified atom stereocenters. The number of benzene rings is 4. The molecule has 0 spiro atoms. The van der Waals surface area contributed by atoms with E-state index >= 15 is 0 Å². The molecule has 0 saturated heterocycles. The van der Waals surface area contributed by atoms with Crippen LogP contribution in [-0.2, 0) is 0 Å². The number of hydrogen-bond donors (Lipinski definition) is 3. The molecule has 0 saturated carbocycles. The van der Waals surface area contributed by atoms with Gasteiger partial charge >= 0.3 is 0 Å². The van der Waals surface area contributed by atoms with Crippen LogP contribution in [0.1, 0.15) is 0 Å². The van der Waals surface area contributed by atoms with Gasteiger partial charge < -0.3 is 15.8 Å². The zero-order valence-electron chi connectivity index (χ0n) is 13.3. The first kappa shape index (κ1) is 13.9. The maximum absolute atomic E-state index is 10.3. The number of nitrogens with one attached hydrogen (secondary N) is 1. The van der Waals surface area contributed by atoms with Crippen LogP contribution in [0.15, 0.2) is 66.7 Å². The number of hydrogen-bond acceptors (Lipinski definition) is 3. The van der Waals surface area contributed by atoms with E-state index in [2.05, 4.69) is 29.2 Å². The fourth-order valence-electron chi connectivity index (χ4n) is 3.50. The molecule has 0 atom stereocenters. The molecule has 0 radical (unpaired) electrons. The Morgan fingerprint density at radius 3 is 2.16 bits per heavy atom. The van der Waals surface area contributed by atoms with Crippen LogP contribution >= 0.6 is 0 Å². The lowest BCUT2D eigenvalue weighted by molar-refractivity contribution is 0.479. The van der Waals surface area contributed by atoms with E-state index in [-0.39, 0.29) is 5.75 Å². The number of aromatic amines is 1. The third-order valence-corrected chi connectivity index (χ3v) is 4.69. The van der Waals surface area contributed by atoms with Crippen molar-refractivity contribution in [3.63, 3.8) is 0 Å². The van der Waals surface area contributed by atoms with Crippen LogP contribution in [0.5, 0.6) is 5.75 Å². The molecule has 0 amide bonds. The smallest absolute Gasteiger partial charge is 0.149 e. The van der Waals surface area contributed by atoms with Crippen LogP contribution in [-0.4, -0.2) is 15.1 Å². The molecular formula is C21H15N3O. The molecule has 0 aliphatic heterocycles. The Kier molecular flexibility index (Phi) is 2.76. The topological polar surface area (TPSA) is 74.9 Å². The van der Waals surface area contributed by atoms with E-state index in [1.54, 1.807) is 6.07 Å². The summed E-state index contributed by atoms with van der Waals surface area (Å²) in [6.45, 7) is 0. The molecule has 0 bridgehead atoms. The van der Waals surface area contributed by atoms with Crippen LogP contribution in [0.3, 0.4) is 0 Å². The van der Waals surface area contributed by atoms with Crippen molar-refractivity contribution in [2.45, 2.75) is 0 Å². The van der Waals surface area contributed by atoms with Gasteiger partial charge in [-0.05, 0) is 22.9 Å². The van der Waals surface area contributed by atoms with Crippen molar-refractivity contribution in [2.75, 3.05) is 5.73 Å². The first-order valence-electron chi connectivity index (χ1n) is 8.11. The van der Waals surface area contributed by atoms with Crippen LogP contribution in [0, 0.1) is 0 Å². The minimum Gasteiger partial charge on any atom is -0.505 e. The Morgan fingerprint density at radius 2 is 1.40 bits per heavy atom. The molecule has 5 rings (SSSR count). The summed E-state index contributed by atoms with van der Waals surface area (Å²) in [4.78, 5) is 8.18. The van der Waals surface area contributed by atoms with Gasteiger partial charge in [0, 0.05) is 10.8 Å². The molecule has 25 heavy (non-hydrogen) atoms. The number of H-pyrrole nitrogens is 1. The quantitative estimate of drug-likeness (QED) is 0.235. The average Bonchev–Trinajstić information content (AvgIpc) is 3.10. The van der Waals surface area contributed by atoms with E-state index in [4.69, 9.17) is 10.7 Å². The molecule has 5 aromatic rings. The van der Waals surface area contributed by atoms with Crippen LogP contribution < -0.4 is 5.73 Å². The number of rotatable bonds is 1. The Labute approximate surface area is 143 Å². The van der Waals surface area contributed by atoms with E-state index in [0.717, 1.165) is 21.8 Å². The lowest BCUT2D eigenvalue weighted by Gasteiger charge is -2.05. The van der Waals surface area contributed by atoms with Crippen molar-refractivity contribution in [3.8, 4) is 17.1 Å². The van der Waals surface area contributed by atoms with Gasteiger partial charge in [-0.2, -0.15) is 0 Å². The van der Waals surface area contributed by atoms with Crippen molar-refractivity contribution in [1.82, 2.24) is 9.97 Å². The normalized spacial score (nSPS) is 11.5. The Hall–Kier alpha value is -3.53. The second kappa shape index (κ2) is 4.98. The third kappa shape index (κ3) is 1.91. The highest BCUT2D eigenvalue weighted by molar-refractivity contribution is 6.23. The predicted molar refractivity (Wildman–Crippen MR) is 103 cm³/mol. The van der Waals surface area contributed by atoms with Crippen LogP contribution in [0.25, 0.3) is 44.0 Å². The van der Waals surface area contributed by atoms with E-state index in [9.17, 15) is 5.11 Å². The molecular weight excluding hydrogens is 310 g/mol. The highest BCUT2D eigenvalue weighted by atomic mass is 16.3. The summed E-state index contributed by atoms with van der Waals surface area (Å²) < 4.78 is 0. The Balaban J connectivity index is 1.96. The number of imidazole rings is 1. The number of aromatic nitrogens is 2. The van der Waals surface area contributed by atoms with Gasteiger partial charge in [-0.25, -0.2) is 4.98 Å². The van der Waals surface area contributed by atoms with Gasteiger partial charge in [-0.15, -0.1) is 0 Å². The number of nitrogens with two attached hydrogens (primary N) is 1. The van der Waals surface area contributed by atoms with Gasteiger partial charge in [-0.1, -0.05) is 54.6 Å². The molecule has 4 nitrogen and oxygen atoms in total. The zero-order chi connectivity index (χ0) is 17.0. The van der Waals surface area contributed by atoms with Gasteiger partial charge in [0.25, 0.3) is 0 Å². The minimum absolute atomic E-state index is 0.0511. The lowest BCUT2D eigenvalue weighted by Crippen LogP contribution is -1.88. The van der Waals surface area contributed by atoms with Gasteiger partial charge in [0.1, 0.15) is 11.6 Å². The first-order chi connectivity index (χ1) is 12.2. The number of nitrogen functional groups attached to an aromatic ring is 1. The molecule has 1 aromatic heterocycles. The fourth-order valence-corrected chi connectivity index (χ4v) is 3.50. The summed E-state index contributed by atoms with van der Waals surface area (Å²) >= 11 is 0. The first-order valence-corrected chi connectivity index (χ1v) is 8.11. The van der Waals surface area contributed by atoms with Crippen LogP contribution in [0.4, 0.5) is 5.69 Å². The van der Waals surface area contributed by atoms with Crippen molar-refractivity contribution in [2.24, 2.45) is 0 Å². The number of phenolic OH excluding ortho intramolecular Hbond substituents is 1. The van der Waals surface area contributed by atoms with Crippen LogP contribution in [0.2, 0.25) is 0 Å². The minimum atomic E-state index is 0.0511. The predicted octanol–water partition coefficient (Wildman–Crippen LogP) is 4.82. The van der Waals surface area contributed by atoms with Crippen molar-refractivity contribution >= 4 is 38.3 Å². The van der Waals surface area contributed by atoms with E-state index in [1.165, 1.54) is 10.8 Å². The maximum atomic E-state index is 10.3. The molecule has 0 aliphatic rings. The van der Waals surface area contributed by atoms with E-state index < -0.39 is 0 Å². The third-order valence-electron chi connectivity index (χ3n) is 4.69. The summed E-state index contributed by atoms with van der Waals surface area (Å²) in [5, 5.41) is 14.9. The van der Waals surface area contributed by atoms with Crippen molar-refractivity contribution in [3.05, 3.63) is 66.7 Å². The number of aromatic hydroxyl groups is 1. The second-order valence-corrected chi connectivity index (χ2v) is 6.14. The van der Waals surface area contributed by atoms with Gasteiger partial charge in [0.05, 0.1) is 22.3 Å². The van der Waals surface area contributed by atoms with Crippen molar-refractivity contribution < 1.29 is 5.11 Å². The highest BCUT2D eigenvalue weighted by Crippen LogP contribution is 2.37. The number of para-hydroxylation sites is 1. The zero-order valence-corrected chi connectivity index (χ0v) is 13.3. The molecule has 1 heterocycles. The summed E-state index contributed by atoms with van der Waals surface area (Å²) in [7, 11) is 0. The van der Waals surface area contributed by atoms with Gasteiger partial charge in [0.2, 0.25) is 0 Å². The molecule has 0 fully saturated rings. The monoisotopic (exact) mass is 325 g/mol. The molecule has 120 valence electrons. The molecule has 4 heteroatoms. The average molecular weight is 325 g/mol. The fraction of sp³-hybridized carbons (Fsp3) is 0. The maximum Gasteiger partial charge on any atom is 0.149 e. The number of anilines is 1. The number of phenols is 1. The van der Waals surface area contributed by atoms with E-state index in [1.807, 2.05) is 36.4 Å². The summed E-state index contributed by atoms with van der Waals surface area (Å²) in [5.74, 6) is 0.663. The van der Waals surface area contributed by atoms with Crippen molar-refractivity contribution in [1.29, 1.82) is 0 Å². The number of nitrogens with zero attached hydrogens (tertiary/aromatic N) is 1. The summed E-state index contributed by atoms with van der Waals surface area (Å²) in [6.07, 6.45) is 0.